The highest BCUT2D eigenvalue weighted by atomic mass is 16.6. The van der Waals surface area contributed by atoms with Crippen LogP contribution in [0.2, 0.25) is 0 Å². The van der Waals surface area contributed by atoms with Crippen molar-refractivity contribution in [3.05, 3.63) is 35.9 Å². The van der Waals surface area contributed by atoms with Gasteiger partial charge in [-0.15, -0.1) is 0 Å². The summed E-state index contributed by atoms with van der Waals surface area (Å²) in [5.41, 5.74) is 0.231. The van der Waals surface area contributed by atoms with Crippen molar-refractivity contribution in [3.63, 3.8) is 0 Å². The van der Waals surface area contributed by atoms with Crippen molar-refractivity contribution in [2.75, 3.05) is 26.8 Å². The predicted molar refractivity (Wildman–Crippen MR) is 93.0 cm³/mol. The van der Waals surface area contributed by atoms with Gasteiger partial charge in [0.05, 0.1) is 23.7 Å². The molecule has 3 rings (SSSR count). The smallest absolute Gasteiger partial charge is 0.231 e. The molecule has 0 unspecified atom stereocenters. The number of methoxy groups -OCH3 is 1. The number of carbonyl (C=O) groups is 1. The van der Waals surface area contributed by atoms with Gasteiger partial charge in [-0.3, -0.25) is 4.79 Å². The Morgan fingerprint density at radius 2 is 1.92 bits per heavy atom. The van der Waals surface area contributed by atoms with Gasteiger partial charge in [0.25, 0.3) is 0 Å². The van der Waals surface area contributed by atoms with Crippen molar-refractivity contribution < 1.29 is 14.3 Å². The maximum atomic E-state index is 13.3. The van der Waals surface area contributed by atoms with E-state index < -0.39 is 5.41 Å². The van der Waals surface area contributed by atoms with Crippen LogP contribution < -0.4 is 10.6 Å². The van der Waals surface area contributed by atoms with Crippen molar-refractivity contribution in [1.29, 1.82) is 0 Å². The van der Waals surface area contributed by atoms with E-state index in [1.54, 1.807) is 7.11 Å². The zero-order valence-corrected chi connectivity index (χ0v) is 14.8. The first-order valence-corrected chi connectivity index (χ1v) is 8.73. The van der Waals surface area contributed by atoms with E-state index in [1.807, 2.05) is 32.0 Å². The Labute approximate surface area is 144 Å². The maximum absolute atomic E-state index is 13.3. The first-order valence-electron chi connectivity index (χ1n) is 8.73. The summed E-state index contributed by atoms with van der Waals surface area (Å²) in [5, 5.41) is 6.59. The summed E-state index contributed by atoms with van der Waals surface area (Å²) in [5.74, 6) is 0.0866. The average Bonchev–Trinajstić information content (AvgIpc) is 2.89. The van der Waals surface area contributed by atoms with Gasteiger partial charge < -0.3 is 20.1 Å². The average molecular weight is 332 g/mol. The number of nitrogens with one attached hydrogen (secondary N) is 2. The third-order valence-corrected chi connectivity index (χ3v) is 5.47. The second-order valence-corrected chi connectivity index (χ2v) is 7.35. The standard InChI is InChI=1S/C19H28N2O3/c1-18(2)16(23-3)15(13-24-18)21-17(22)19(9-11-20-12-10-19)14-7-5-4-6-8-14/h4-8,15-16,20H,9-13H2,1-3H3,(H,21,22)/t15-,16+/m0/s1. The van der Waals surface area contributed by atoms with E-state index in [0.717, 1.165) is 31.5 Å². The third kappa shape index (κ3) is 3.08. The van der Waals surface area contributed by atoms with E-state index >= 15 is 0 Å². The number of rotatable bonds is 4. The molecular weight excluding hydrogens is 304 g/mol. The number of hydrogen-bond donors (Lipinski definition) is 2. The van der Waals surface area contributed by atoms with Gasteiger partial charge in [-0.1, -0.05) is 30.3 Å². The molecule has 0 radical (unpaired) electrons. The van der Waals surface area contributed by atoms with Crippen molar-refractivity contribution in [1.82, 2.24) is 10.6 Å². The highest BCUT2D eigenvalue weighted by Crippen LogP contribution is 2.35. The molecule has 0 aromatic heterocycles. The normalized spacial score (nSPS) is 28.5. The Bertz CT molecular complexity index is 567. The molecule has 132 valence electrons. The number of amides is 1. The van der Waals surface area contributed by atoms with Crippen LogP contribution >= 0.6 is 0 Å². The lowest BCUT2D eigenvalue weighted by molar-refractivity contribution is -0.129. The zero-order valence-electron chi connectivity index (χ0n) is 14.8. The molecule has 0 spiro atoms. The van der Waals surface area contributed by atoms with Gasteiger partial charge in [0.2, 0.25) is 5.91 Å². The van der Waals surface area contributed by atoms with E-state index in [0.29, 0.717) is 6.61 Å². The van der Waals surface area contributed by atoms with Gasteiger partial charge in [-0.2, -0.15) is 0 Å². The summed E-state index contributed by atoms with van der Waals surface area (Å²) in [4.78, 5) is 13.3. The second-order valence-electron chi connectivity index (χ2n) is 7.35. The van der Waals surface area contributed by atoms with E-state index in [2.05, 4.69) is 22.8 Å². The Morgan fingerprint density at radius 3 is 2.54 bits per heavy atom. The molecule has 24 heavy (non-hydrogen) atoms. The molecule has 0 bridgehead atoms. The lowest BCUT2D eigenvalue weighted by Crippen LogP contribution is -2.56. The van der Waals surface area contributed by atoms with E-state index in [-0.39, 0.29) is 23.7 Å². The lowest BCUT2D eigenvalue weighted by atomic mass is 9.72. The molecule has 0 aliphatic carbocycles. The highest BCUT2D eigenvalue weighted by molar-refractivity contribution is 5.88. The van der Waals surface area contributed by atoms with Gasteiger partial charge in [0.1, 0.15) is 6.10 Å². The summed E-state index contributed by atoms with van der Waals surface area (Å²) in [6.45, 7) is 6.20. The Hall–Kier alpha value is -1.43. The number of piperidine rings is 1. The largest absolute Gasteiger partial charge is 0.376 e. The molecule has 2 saturated heterocycles. The minimum atomic E-state index is -0.475. The molecule has 0 saturated carbocycles. The molecule has 1 amide bonds. The van der Waals surface area contributed by atoms with Crippen molar-refractivity contribution in [2.24, 2.45) is 0 Å². The van der Waals surface area contributed by atoms with Crippen LogP contribution in [0.1, 0.15) is 32.3 Å². The monoisotopic (exact) mass is 332 g/mol. The summed E-state index contributed by atoms with van der Waals surface area (Å²) in [6, 6.07) is 10.0. The van der Waals surface area contributed by atoms with Crippen LogP contribution in [0, 0.1) is 0 Å². The molecule has 2 atom stereocenters. The molecule has 2 aliphatic rings. The second kappa shape index (κ2) is 6.82. The van der Waals surface area contributed by atoms with Gasteiger partial charge in [-0.05, 0) is 45.3 Å². The van der Waals surface area contributed by atoms with Crippen molar-refractivity contribution in [3.8, 4) is 0 Å². The number of ether oxygens (including phenoxy) is 2. The number of benzene rings is 1. The number of hydrogen-bond acceptors (Lipinski definition) is 4. The Balaban J connectivity index is 1.83. The van der Waals surface area contributed by atoms with Crippen molar-refractivity contribution >= 4 is 5.91 Å². The lowest BCUT2D eigenvalue weighted by Gasteiger charge is -2.38. The van der Waals surface area contributed by atoms with Crippen molar-refractivity contribution in [2.45, 2.75) is 49.9 Å². The fourth-order valence-electron chi connectivity index (χ4n) is 4.09. The topological polar surface area (TPSA) is 59.6 Å². The van der Waals surface area contributed by atoms with Gasteiger partial charge >= 0.3 is 0 Å². The molecule has 2 N–H and O–H groups in total. The van der Waals surface area contributed by atoms with E-state index in [4.69, 9.17) is 9.47 Å². The molecule has 1 aromatic carbocycles. The minimum absolute atomic E-state index is 0.0866. The van der Waals surface area contributed by atoms with Crippen LogP contribution in [0.3, 0.4) is 0 Å². The van der Waals surface area contributed by atoms with Crippen LogP contribution in [0.5, 0.6) is 0 Å². The predicted octanol–water partition coefficient (Wildman–Crippen LogP) is 1.62. The van der Waals surface area contributed by atoms with Gasteiger partial charge in [-0.25, -0.2) is 0 Å². The van der Waals surface area contributed by atoms with E-state index in [1.165, 1.54) is 0 Å². The molecule has 2 heterocycles. The van der Waals surface area contributed by atoms with Crippen LogP contribution in [-0.2, 0) is 19.7 Å². The zero-order chi connectivity index (χ0) is 17.2. The molecule has 1 aromatic rings. The van der Waals surface area contributed by atoms with Crippen LogP contribution in [0.25, 0.3) is 0 Å². The quantitative estimate of drug-likeness (QED) is 0.880. The van der Waals surface area contributed by atoms with Gasteiger partial charge in [0.15, 0.2) is 0 Å². The highest BCUT2D eigenvalue weighted by Gasteiger charge is 2.48. The summed E-state index contributed by atoms with van der Waals surface area (Å²) in [7, 11) is 1.68. The van der Waals surface area contributed by atoms with E-state index in [9.17, 15) is 4.79 Å². The summed E-state index contributed by atoms with van der Waals surface area (Å²) in [6.07, 6.45) is 1.46. The Kier molecular flexibility index (Phi) is 4.95. The van der Waals surface area contributed by atoms with Crippen LogP contribution in [-0.4, -0.2) is 50.5 Å². The fourth-order valence-corrected chi connectivity index (χ4v) is 4.09. The Morgan fingerprint density at radius 1 is 1.25 bits per heavy atom. The number of carbonyl (C=O) groups excluding carboxylic acids is 1. The molecule has 5 nitrogen and oxygen atoms in total. The fraction of sp³-hybridized carbons (Fsp3) is 0.632. The molecule has 5 heteroatoms. The molecule has 2 aliphatic heterocycles. The summed E-state index contributed by atoms with van der Waals surface area (Å²) < 4.78 is 11.4. The van der Waals surface area contributed by atoms with Crippen LogP contribution in [0.15, 0.2) is 30.3 Å². The minimum Gasteiger partial charge on any atom is -0.376 e. The first kappa shape index (κ1) is 17.4. The summed E-state index contributed by atoms with van der Waals surface area (Å²) >= 11 is 0. The first-order chi connectivity index (χ1) is 11.5. The van der Waals surface area contributed by atoms with Gasteiger partial charge in [0, 0.05) is 7.11 Å². The molecule has 2 fully saturated rings. The SMILES string of the molecule is CO[C@@H]1[C@@H](NC(=O)C2(c3ccccc3)CCNCC2)COC1(C)C. The van der Waals surface area contributed by atoms with Crippen LogP contribution in [0.4, 0.5) is 0 Å². The maximum Gasteiger partial charge on any atom is 0.231 e. The molecular formula is C19H28N2O3. The third-order valence-electron chi connectivity index (χ3n) is 5.47.